The topological polar surface area (TPSA) is 80.7 Å². The van der Waals surface area contributed by atoms with Gasteiger partial charge in [-0.15, -0.1) is 0 Å². The maximum atomic E-state index is 13.5. The highest BCUT2D eigenvalue weighted by Crippen LogP contribution is 2.47. The Morgan fingerprint density at radius 3 is 2.60 bits per heavy atom. The first-order chi connectivity index (χ1) is 14.3. The molecule has 0 radical (unpaired) electrons. The minimum Gasteiger partial charge on any atom is -0.464 e. The van der Waals surface area contributed by atoms with Crippen LogP contribution in [0.25, 0.3) is 11.0 Å². The highest BCUT2D eigenvalue weighted by Gasteiger charge is 2.39. The van der Waals surface area contributed by atoms with Crippen LogP contribution in [0, 0.1) is 12.8 Å². The van der Waals surface area contributed by atoms with E-state index in [0.717, 1.165) is 23.1 Å². The van der Waals surface area contributed by atoms with Gasteiger partial charge in [-0.1, -0.05) is 25.1 Å². The van der Waals surface area contributed by atoms with E-state index in [1.165, 1.54) is 0 Å². The first-order valence-corrected chi connectivity index (χ1v) is 12.2. The second-order valence-electron chi connectivity index (χ2n) is 8.67. The summed E-state index contributed by atoms with van der Waals surface area (Å²) in [6.07, 6.45) is 1.55. The number of fused-ring (bicyclic) bond motifs is 1. The molecule has 3 unspecified atom stereocenters. The van der Waals surface area contributed by atoms with Crippen molar-refractivity contribution in [1.82, 2.24) is 4.90 Å². The zero-order valence-electron chi connectivity index (χ0n) is 17.1. The number of benzene rings is 1. The molecule has 3 aromatic rings. The van der Waals surface area contributed by atoms with Gasteiger partial charge in [0.1, 0.15) is 17.1 Å². The summed E-state index contributed by atoms with van der Waals surface area (Å²) in [5.74, 6) is 2.76. The van der Waals surface area contributed by atoms with Crippen LogP contribution in [-0.2, 0) is 16.4 Å². The summed E-state index contributed by atoms with van der Waals surface area (Å²) in [6.45, 7) is 4.29. The fourth-order valence-electron chi connectivity index (χ4n) is 4.46. The molecule has 1 saturated carbocycles. The van der Waals surface area contributed by atoms with Crippen LogP contribution in [0.15, 0.2) is 45.2 Å². The number of hydrogen-bond acceptors (Lipinski definition) is 5. The van der Waals surface area contributed by atoms with Crippen LogP contribution in [0.2, 0.25) is 0 Å². The van der Waals surface area contributed by atoms with Crippen LogP contribution in [-0.4, -0.2) is 36.8 Å². The fraction of sp³-hybridized carbons (Fsp3) is 0.435. The first kappa shape index (κ1) is 19.4. The number of amides is 1. The van der Waals surface area contributed by atoms with Crippen molar-refractivity contribution in [2.75, 3.05) is 11.5 Å². The molecular formula is C23H25NO5S. The summed E-state index contributed by atoms with van der Waals surface area (Å²) in [4.78, 5) is 15.2. The van der Waals surface area contributed by atoms with Crippen molar-refractivity contribution >= 4 is 26.7 Å². The number of carbonyl (C=O) groups excluding carboxylic acids is 1. The zero-order chi connectivity index (χ0) is 21.0. The summed E-state index contributed by atoms with van der Waals surface area (Å²) in [5.41, 5.74) is 1.42. The lowest BCUT2D eigenvalue weighted by Crippen LogP contribution is -2.40. The third-order valence-electron chi connectivity index (χ3n) is 6.43. The second-order valence-corrected chi connectivity index (χ2v) is 10.9. The molecule has 0 spiro atoms. The summed E-state index contributed by atoms with van der Waals surface area (Å²) < 4.78 is 36.1. The zero-order valence-corrected chi connectivity index (χ0v) is 17.9. The molecule has 0 N–H and O–H groups in total. The number of nitrogens with zero attached hydrogens (tertiary/aromatic N) is 1. The van der Waals surface area contributed by atoms with Gasteiger partial charge in [-0.05, 0) is 43.9 Å². The van der Waals surface area contributed by atoms with Gasteiger partial charge in [0.15, 0.2) is 15.6 Å². The van der Waals surface area contributed by atoms with Crippen LogP contribution in [0.4, 0.5) is 0 Å². The van der Waals surface area contributed by atoms with Gasteiger partial charge in [-0.2, -0.15) is 0 Å². The molecule has 1 aliphatic carbocycles. The number of para-hydroxylation sites is 1. The average molecular weight is 428 g/mol. The maximum Gasteiger partial charge on any atom is 0.290 e. The average Bonchev–Trinajstić information content (AvgIpc) is 3.06. The standard InChI is InChI=1S/C23H25NO5S/c1-14-11-19(14)21-8-7-17(28-21)12-24(16-9-10-30(26,27)13-16)23(25)22-15(2)18-5-3-4-6-20(18)29-22/h3-8,14,16,19H,9-13H2,1-2H3. The number of furan rings is 2. The molecule has 7 heteroatoms. The van der Waals surface area contributed by atoms with Crippen LogP contribution >= 0.6 is 0 Å². The van der Waals surface area contributed by atoms with E-state index in [0.29, 0.717) is 29.6 Å². The lowest BCUT2D eigenvalue weighted by atomic mass is 10.1. The summed E-state index contributed by atoms with van der Waals surface area (Å²) in [7, 11) is -3.14. The highest BCUT2D eigenvalue weighted by molar-refractivity contribution is 7.91. The highest BCUT2D eigenvalue weighted by atomic mass is 32.2. The SMILES string of the molecule is Cc1c(C(=O)N(Cc2ccc(C3CC3C)o2)C2CCS(=O)(=O)C2)oc2ccccc12. The van der Waals surface area contributed by atoms with Crippen molar-refractivity contribution in [3.05, 3.63) is 59.2 Å². The van der Waals surface area contributed by atoms with Crippen LogP contribution in [0.5, 0.6) is 0 Å². The molecule has 1 aromatic carbocycles. The predicted octanol–water partition coefficient (Wildman–Crippen LogP) is 4.29. The Hall–Kier alpha value is -2.54. The number of rotatable bonds is 5. The van der Waals surface area contributed by atoms with Crippen LogP contribution in [0.3, 0.4) is 0 Å². The van der Waals surface area contributed by atoms with Gasteiger partial charge in [-0.25, -0.2) is 8.42 Å². The molecule has 2 fully saturated rings. The number of sulfone groups is 1. The Bertz CT molecular complexity index is 1220. The third kappa shape index (κ3) is 3.45. The Kier molecular flexibility index (Phi) is 4.54. The lowest BCUT2D eigenvalue weighted by molar-refractivity contribution is 0.0634. The van der Waals surface area contributed by atoms with Gasteiger partial charge in [0, 0.05) is 22.9 Å². The molecule has 3 heterocycles. The predicted molar refractivity (Wildman–Crippen MR) is 113 cm³/mol. The maximum absolute atomic E-state index is 13.5. The monoisotopic (exact) mass is 427 g/mol. The Labute approximate surface area is 175 Å². The van der Waals surface area contributed by atoms with Crippen LogP contribution in [0.1, 0.15) is 53.3 Å². The number of aryl methyl sites for hydroxylation is 1. The number of hydrogen-bond donors (Lipinski definition) is 0. The van der Waals surface area contributed by atoms with Crippen molar-refractivity contribution in [2.24, 2.45) is 5.92 Å². The van der Waals surface area contributed by atoms with Gasteiger partial charge in [0.05, 0.1) is 18.1 Å². The minimum absolute atomic E-state index is 0.0226. The molecule has 1 aliphatic heterocycles. The molecule has 30 heavy (non-hydrogen) atoms. The minimum atomic E-state index is -3.14. The molecule has 2 aliphatic rings. The van der Waals surface area contributed by atoms with E-state index in [1.807, 2.05) is 43.3 Å². The molecule has 5 rings (SSSR count). The molecule has 158 valence electrons. The molecular weight excluding hydrogens is 402 g/mol. The molecule has 6 nitrogen and oxygen atoms in total. The van der Waals surface area contributed by atoms with E-state index < -0.39 is 9.84 Å². The summed E-state index contributed by atoms with van der Waals surface area (Å²) in [6, 6.07) is 11.0. The molecule has 0 bridgehead atoms. The van der Waals surface area contributed by atoms with Gasteiger partial charge in [-0.3, -0.25) is 4.79 Å². The van der Waals surface area contributed by atoms with E-state index in [9.17, 15) is 13.2 Å². The number of carbonyl (C=O) groups is 1. The Morgan fingerprint density at radius 1 is 1.17 bits per heavy atom. The molecule has 1 saturated heterocycles. The lowest BCUT2D eigenvalue weighted by Gasteiger charge is -2.26. The first-order valence-electron chi connectivity index (χ1n) is 10.4. The largest absolute Gasteiger partial charge is 0.464 e. The van der Waals surface area contributed by atoms with E-state index in [1.54, 1.807) is 4.90 Å². The van der Waals surface area contributed by atoms with E-state index >= 15 is 0 Å². The van der Waals surface area contributed by atoms with E-state index in [4.69, 9.17) is 8.83 Å². The Morgan fingerprint density at radius 2 is 1.93 bits per heavy atom. The van der Waals surface area contributed by atoms with Crippen molar-refractivity contribution in [3.63, 3.8) is 0 Å². The third-order valence-corrected chi connectivity index (χ3v) is 8.18. The van der Waals surface area contributed by atoms with Gasteiger partial charge < -0.3 is 13.7 Å². The van der Waals surface area contributed by atoms with E-state index in [2.05, 4.69) is 6.92 Å². The van der Waals surface area contributed by atoms with Gasteiger partial charge in [0.2, 0.25) is 0 Å². The van der Waals surface area contributed by atoms with Crippen molar-refractivity contribution in [3.8, 4) is 0 Å². The van der Waals surface area contributed by atoms with Crippen LogP contribution < -0.4 is 0 Å². The molecule has 2 aromatic heterocycles. The van der Waals surface area contributed by atoms with Crippen molar-refractivity contribution < 1.29 is 22.0 Å². The van der Waals surface area contributed by atoms with Gasteiger partial charge in [0.25, 0.3) is 5.91 Å². The molecule has 3 atom stereocenters. The fourth-order valence-corrected chi connectivity index (χ4v) is 6.19. The van der Waals surface area contributed by atoms with Gasteiger partial charge >= 0.3 is 0 Å². The van der Waals surface area contributed by atoms with Crippen molar-refractivity contribution in [2.45, 2.75) is 45.2 Å². The normalized spacial score (nSPS) is 24.9. The molecule has 1 amide bonds. The smallest absolute Gasteiger partial charge is 0.290 e. The van der Waals surface area contributed by atoms with Crippen molar-refractivity contribution in [1.29, 1.82) is 0 Å². The second kappa shape index (κ2) is 7.01. The Balaban J connectivity index is 1.48. The van der Waals surface area contributed by atoms with E-state index in [-0.39, 0.29) is 35.8 Å². The quantitative estimate of drug-likeness (QED) is 0.607. The summed E-state index contributed by atoms with van der Waals surface area (Å²) >= 11 is 0. The summed E-state index contributed by atoms with van der Waals surface area (Å²) in [5, 5.41) is 0.892.